The molecular weight excluding hydrogens is 544 g/mol. The van der Waals surface area contributed by atoms with Gasteiger partial charge in [0.2, 0.25) is 10.0 Å². The minimum Gasteiger partial charge on any atom is -0.465 e. The molecule has 0 fully saturated rings. The van der Waals surface area contributed by atoms with Gasteiger partial charge in [0.05, 0.1) is 30.1 Å². The van der Waals surface area contributed by atoms with Crippen molar-refractivity contribution in [3.63, 3.8) is 0 Å². The Balaban J connectivity index is 1.56. The van der Waals surface area contributed by atoms with Gasteiger partial charge in [0.25, 0.3) is 5.91 Å². The quantitative estimate of drug-likeness (QED) is 0.273. The number of rotatable bonds is 11. The van der Waals surface area contributed by atoms with Gasteiger partial charge in [0.15, 0.2) is 16.6 Å². The van der Waals surface area contributed by atoms with Crippen LogP contribution in [0.4, 0.5) is 11.4 Å². The molecule has 0 spiro atoms. The van der Waals surface area contributed by atoms with Crippen molar-refractivity contribution in [2.75, 3.05) is 55.8 Å². The Morgan fingerprint density at radius 3 is 2.28 bits per heavy atom. The molecule has 0 aliphatic carbocycles. The first-order chi connectivity index (χ1) is 18.5. The van der Waals surface area contributed by atoms with Crippen LogP contribution in [-0.4, -0.2) is 68.9 Å². The summed E-state index contributed by atoms with van der Waals surface area (Å²) >= 11 is 0. The van der Waals surface area contributed by atoms with Crippen LogP contribution in [0.1, 0.15) is 15.9 Å². The zero-order valence-corrected chi connectivity index (χ0v) is 23.5. The van der Waals surface area contributed by atoms with Gasteiger partial charge in [-0.3, -0.25) is 9.52 Å². The van der Waals surface area contributed by atoms with Crippen LogP contribution in [0.25, 0.3) is 11.1 Å². The summed E-state index contributed by atoms with van der Waals surface area (Å²) in [6, 6.07) is 17.0. The molecule has 1 heterocycles. The normalized spacial score (nSPS) is 13.7. The Morgan fingerprint density at radius 1 is 0.897 bits per heavy atom. The molecule has 3 aromatic carbocycles. The third kappa shape index (κ3) is 7.15. The average Bonchev–Trinajstić information content (AvgIpc) is 2.88. The second-order valence-corrected chi connectivity index (χ2v) is 12.9. The number of nitrogens with zero attached hydrogens (tertiary/aromatic N) is 1. The summed E-state index contributed by atoms with van der Waals surface area (Å²) in [4.78, 5) is 15.3. The Bertz CT molecular complexity index is 1570. The van der Waals surface area contributed by atoms with Crippen LogP contribution in [-0.2, 0) is 35.8 Å². The van der Waals surface area contributed by atoms with Crippen molar-refractivity contribution in [1.29, 1.82) is 0 Å². The van der Waals surface area contributed by atoms with E-state index in [1.54, 1.807) is 60.5 Å². The van der Waals surface area contributed by atoms with Crippen molar-refractivity contribution < 1.29 is 35.8 Å². The first kappa shape index (κ1) is 28.6. The number of amides is 1. The predicted octanol–water partition coefficient (Wildman–Crippen LogP) is 3.33. The van der Waals surface area contributed by atoms with Crippen LogP contribution in [0.2, 0.25) is 0 Å². The van der Waals surface area contributed by atoms with E-state index in [0.717, 1.165) is 29.2 Å². The topological polar surface area (TPSA) is 128 Å². The first-order valence-electron chi connectivity index (χ1n) is 12.0. The summed E-state index contributed by atoms with van der Waals surface area (Å²) < 4.78 is 65.7. The number of carbonyl (C=O) groups is 1. The van der Waals surface area contributed by atoms with E-state index in [0.29, 0.717) is 37.4 Å². The highest BCUT2D eigenvalue weighted by molar-refractivity contribution is 7.92. The number of ether oxygens (including phenoxy) is 3. The molecule has 1 aliphatic rings. The van der Waals surface area contributed by atoms with E-state index in [-0.39, 0.29) is 29.0 Å². The van der Waals surface area contributed by atoms with Crippen molar-refractivity contribution in [2.24, 2.45) is 0 Å². The third-order valence-electron chi connectivity index (χ3n) is 6.10. The molecular formula is C27H30N2O8S2. The molecule has 1 amide bonds. The monoisotopic (exact) mass is 574 g/mol. The van der Waals surface area contributed by atoms with Crippen LogP contribution >= 0.6 is 0 Å². The molecule has 0 radical (unpaired) electrons. The molecule has 0 unspecified atom stereocenters. The number of hydrogen-bond acceptors (Lipinski definition) is 8. The molecule has 0 saturated heterocycles. The lowest BCUT2D eigenvalue weighted by molar-refractivity contribution is -0.00814. The molecule has 208 valence electrons. The maximum absolute atomic E-state index is 13.4. The van der Waals surface area contributed by atoms with Gasteiger partial charge in [-0.1, -0.05) is 24.3 Å². The maximum Gasteiger partial charge on any atom is 0.258 e. The third-order valence-corrected chi connectivity index (χ3v) is 7.82. The lowest BCUT2D eigenvalue weighted by Gasteiger charge is -2.29. The van der Waals surface area contributed by atoms with E-state index < -0.39 is 19.9 Å². The molecule has 0 saturated carbocycles. The smallest absolute Gasteiger partial charge is 0.258 e. The van der Waals surface area contributed by atoms with E-state index >= 15 is 0 Å². The second kappa shape index (κ2) is 11.7. The molecule has 10 nitrogen and oxygen atoms in total. The van der Waals surface area contributed by atoms with Gasteiger partial charge in [-0.15, -0.1) is 0 Å². The van der Waals surface area contributed by atoms with Crippen molar-refractivity contribution in [3.05, 3.63) is 71.8 Å². The van der Waals surface area contributed by atoms with E-state index in [2.05, 4.69) is 4.72 Å². The molecule has 3 aromatic rings. The van der Waals surface area contributed by atoms with Gasteiger partial charge < -0.3 is 19.1 Å². The molecule has 0 aromatic heterocycles. The Morgan fingerprint density at radius 2 is 1.62 bits per heavy atom. The van der Waals surface area contributed by atoms with Crippen molar-refractivity contribution in [1.82, 2.24) is 0 Å². The SMILES string of the molecule is COCCOCOc1ccc(N2CCc3cc(-c4ccc(S(C)(=O)=O)cc4)ccc3C2=O)cc1NS(C)(=O)=O. The minimum absolute atomic E-state index is 0.101. The zero-order chi connectivity index (χ0) is 28.2. The van der Waals surface area contributed by atoms with Crippen LogP contribution < -0.4 is 14.4 Å². The Labute approximate surface area is 228 Å². The van der Waals surface area contributed by atoms with Gasteiger partial charge in [0.1, 0.15) is 5.75 Å². The van der Waals surface area contributed by atoms with Gasteiger partial charge in [-0.2, -0.15) is 0 Å². The number of sulfonamides is 1. The second-order valence-electron chi connectivity index (χ2n) is 9.09. The molecule has 0 bridgehead atoms. The summed E-state index contributed by atoms with van der Waals surface area (Å²) in [6.07, 6.45) is 2.78. The highest BCUT2D eigenvalue weighted by atomic mass is 32.2. The van der Waals surface area contributed by atoms with Gasteiger partial charge in [-0.05, 0) is 59.5 Å². The van der Waals surface area contributed by atoms with E-state index in [4.69, 9.17) is 14.2 Å². The van der Waals surface area contributed by atoms with E-state index in [1.165, 1.54) is 0 Å². The fourth-order valence-corrected chi connectivity index (χ4v) is 5.40. The van der Waals surface area contributed by atoms with Crippen LogP contribution in [0.5, 0.6) is 5.75 Å². The zero-order valence-electron chi connectivity index (χ0n) is 21.8. The number of carbonyl (C=O) groups excluding carboxylic acids is 1. The van der Waals surface area contributed by atoms with Gasteiger partial charge in [-0.25, -0.2) is 16.8 Å². The molecule has 39 heavy (non-hydrogen) atoms. The average molecular weight is 575 g/mol. The highest BCUT2D eigenvalue weighted by Gasteiger charge is 2.27. The van der Waals surface area contributed by atoms with Gasteiger partial charge >= 0.3 is 0 Å². The summed E-state index contributed by atoms with van der Waals surface area (Å²) in [5.74, 6) is 0.0510. The van der Waals surface area contributed by atoms with E-state index in [9.17, 15) is 21.6 Å². The Kier molecular flexibility index (Phi) is 8.60. The van der Waals surface area contributed by atoms with Crippen molar-refractivity contribution >= 4 is 37.1 Å². The lowest BCUT2D eigenvalue weighted by Crippen LogP contribution is -2.37. The number of hydrogen-bond donors (Lipinski definition) is 1. The fourth-order valence-electron chi connectivity index (χ4n) is 4.21. The number of benzene rings is 3. The summed E-state index contributed by atoms with van der Waals surface area (Å²) in [5, 5.41) is 0. The first-order valence-corrected chi connectivity index (χ1v) is 15.8. The molecule has 0 atom stereocenters. The Hall–Kier alpha value is -3.45. The molecule has 4 rings (SSSR count). The molecule has 12 heteroatoms. The number of sulfone groups is 1. The number of anilines is 2. The van der Waals surface area contributed by atoms with Crippen LogP contribution in [0.3, 0.4) is 0 Å². The molecule has 1 N–H and O–H groups in total. The standard InChI is InChI=1S/C27H30N2O8S2/c1-35-14-15-36-18-37-26-11-7-22(17-25(26)28-39(3,33)34)29-13-12-21-16-20(6-10-24(21)27(29)30)19-4-8-23(9-5-19)38(2,31)32/h4-11,16-17,28H,12-15,18H2,1-3H3. The van der Waals surface area contributed by atoms with Crippen molar-refractivity contribution in [3.8, 4) is 16.9 Å². The number of nitrogens with one attached hydrogen (secondary N) is 1. The summed E-state index contributed by atoms with van der Waals surface area (Å²) in [6.45, 7) is 1.00. The maximum atomic E-state index is 13.4. The van der Waals surface area contributed by atoms with Crippen LogP contribution in [0.15, 0.2) is 65.6 Å². The summed E-state index contributed by atoms with van der Waals surface area (Å²) in [7, 11) is -5.35. The number of methoxy groups -OCH3 is 1. The van der Waals surface area contributed by atoms with E-state index in [1.807, 2.05) is 12.1 Å². The van der Waals surface area contributed by atoms with Crippen molar-refractivity contribution in [2.45, 2.75) is 11.3 Å². The van der Waals surface area contributed by atoms with Crippen LogP contribution in [0, 0.1) is 0 Å². The highest BCUT2D eigenvalue weighted by Crippen LogP contribution is 2.34. The van der Waals surface area contributed by atoms with Gasteiger partial charge in [0, 0.05) is 31.2 Å². The molecule has 1 aliphatic heterocycles. The fraction of sp³-hybridized carbons (Fsp3) is 0.296. The number of fused-ring (bicyclic) bond motifs is 1. The summed E-state index contributed by atoms with van der Waals surface area (Å²) in [5.41, 5.74) is 3.86. The lowest BCUT2D eigenvalue weighted by atomic mass is 9.94. The predicted molar refractivity (Wildman–Crippen MR) is 149 cm³/mol. The largest absolute Gasteiger partial charge is 0.465 e. The minimum atomic E-state index is -3.62.